The fourth-order valence-corrected chi connectivity index (χ4v) is 4.36. The first-order valence-corrected chi connectivity index (χ1v) is 12.8. The minimum Gasteiger partial charge on any atom is -0.355 e. The molecule has 0 saturated carbocycles. The SMILES string of the molecule is CCNC(=O)[C@H](C)N(Cc1ccc(C)cc1)C(=O)CN(c1ccc(Cl)c(C(F)(F)F)c1)S(C)(=O)=O. The Morgan fingerprint density at radius 3 is 2.23 bits per heavy atom. The highest BCUT2D eigenvalue weighted by atomic mass is 35.5. The molecule has 0 aromatic heterocycles. The summed E-state index contributed by atoms with van der Waals surface area (Å²) in [5, 5.41) is 2.01. The number of likely N-dealkylation sites (N-methyl/N-ethyl adjacent to an activating group) is 1. The van der Waals surface area contributed by atoms with E-state index in [-0.39, 0.29) is 12.2 Å². The molecule has 35 heavy (non-hydrogen) atoms. The quantitative estimate of drug-likeness (QED) is 0.528. The highest BCUT2D eigenvalue weighted by molar-refractivity contribution is 7.92. The maximum atomic E-state index is 13.3. The molecular weight excluding hydrogens is 507 g/mol. The van der Waals surface area contributed by atoms with Gasteiger partial charge >= 0.3 is 6.18 Å². The van der Waals surface area contributed by atoms with Gasteiger partial charge in [0.15, 0.2) is 0 Å². The molecule has 0 aliphatic heterocycles. The van der Waals surface area contributed by atoms with Crippen molar-refractivity contribution in [3.05, 3.63) is 64.2 Å². The Kier molecular flexibility index (Phi) is 9.18. The molecule has 2 rings (SSSR count). The van der Waals surface area contributed by atoms with Crippen LogP contribution in [0, 0.1) is 6.92 Å². The van der Waals surface area contributed by atoms with Gasteiger partial charge in [0.1, 0.15) is 12.6 Å². The summed E-state index contributed by atoms with van der Waals surface area (Å²) < 4.78 is 65.6. The van der Waals surface area contributed by atoms with Crippen molar-refractivity contribution >= 4 is 39.1 Å². The number of rotatable bonds is 9. The van der Waals surface area contributed by atoms with Gasteiger partial charge in [0, 0.05) is 13.1 Å². The molecule has 1 atom stereocenters. The molecule has 0 saturated heterocycles. The average molecular weight is 534 g/mol. The first-order valence-electron chi connectivity index (χ1n) is 10.6. The van der Waals surface area contributed by atoms with Crippen molar-refractivity contribution in [1.82, 2.24) is 10.2 Å². The highest BCUT2D eigenvalue weighted by Crippen LogP contribution is 2.37. The Labute approximate surface area is 207 Å². The van der Waals surface area contributed by atoms with E-state index in [4.69, 9.17) is 11.6 Å². The molecular formula is C23H27ClF3N3O4S. The van der Waals surface area contributed by atoms with E-state index >= 15 is 0 Å². The van der Waals surface area contributed by atoms with E-state index in [2.05, 4.69) is 5.32 Å². The van der Waals surface area contributed by atoms with Gasteiger partial charge in [-0.05, 0) is 44.5 Å². The van der Waals surface area contributed by atoms with Gasteiger partial charge in [-0.25, -0.2) is 8.42 Å². The summed E-state index contributed by atoms with van der Waals surface area (Å²) in [6.45, 7) is 4.58. The normalized spacial score (nSPS) is 12.7. The van der Waals surface area contributed by atoms with Crippen molar-refractivity contribution in [3.63, 3.8) is 0 Å². The number of halogens is 4. The lowest BCUT2D eigenvalue weighted by Crippen LogP contribution is -2.51. The third kappa shape index (κ3) is 7.60. The summed E-state index contributed by atoms with van der Waals surface area (Å²) in [6.07, 6.45) is -4.05. The third-order valence-corrected chi connectivity index (χ3v) is 6.68. The van der Waals surface area contributed by atoms with Gasteiger partial charge < -0.3 is 10.2 Å². The van der Waals surface area contributed by atoms with Gasteiger partial charge in [-0.3, -0.25) is 13.9 Å². The molecule has 2 aromatic carbocycles. The van der Waals surface area contributed by atoms with Gasteiger partial charge in [0.05, 0.1) is 22.5 Å². The smallest absolute Gasteiger partial charge is 0.355 e. The molecule has 0 bridgehead atoms. The lowest BCUT2D eigenvalue weighted by atomic mass is 10.1. The van der Waals surface area contributed by atoms with Crippen molar-refractivity contribution in [3.8, 4) is 0 Å². The summed E-state index contributed by atoms with van der Waals surface area (Å²) in [5.74, 6) is -1.22. The zero-order valence-corrected chi connectivity index (χ0v) is 21.3. The van der Waals surface area contributed by atoms with E-state index in [1.54, 1.807) is 19.1 Å². The molecule has 12 heteroatoms. The molecule has 0 spiro atoms. The number of alkyl halides is 3. The van der Waals surface area contributed by atoms with E-state index in [0.29, 0.717) is 22.5 Å². The second kappa shape index (κ2) is 11.3. The summed E-state index contributed by atoms with van der Waals surface area (Å²) in [7, 11) is -4.18. The van der Waals surface area contributed by atoms with E-state index in [1.807, 2.05) is 19.1 Å². The highest BCUT2D eigenvalue weighted by Gasteiger charge is 2.35. The molecule has 192 valence electrons. The maximum Gasteiger partial charge on any atom is 0.417 e. The summed E-state index contributed by atoms with van der Waals surface area (Å²) in [6, 6.07) is 8.79. The summed E-state index contributed by atoms with van der Waals surface area (Å²) in [5.41, 5.74) is 0.0650. The Bertz CT molecular complexity index is 1170. The van der Waals surface area contributed by atoms with Crippen LogP contribution in [0.2, 0.25) is 5.02 Å². The second-order valence-corrected chi connectivity index (χ2v) is 10.3. The Hall–Kier alpha value is -2.79. The van der Waals surface area contributed by atoms with Crippen molar-refractivity contribution in [1.29, 1.82) is 0 Å². The molecule has 2 aromatic rings. The van der Waals surface area contributed by atoms with E-state index in [1.165, 1.54) is 11.8 Å². The minimum absolute atomic E-state index is 0.0105. The number of anilines is 1. The van der Waals surface area contributed by atoms with Gasteiger partial charge in [-0.15, -0.1) is 0 Å². The number of carbonyl (C=O) groups excluding carboxylic acids is 2. The van der Waals surface area contributed by atoms with Crippen LogP contribution in [-0.4, -0.2) is 50.5 Å². The van der Waals surface area contributed by atoms with Crippen LogP contribution in [0.3, 0.4) is 0 Å². The van der Waals surface area contributed by atoms with Crippen LogP contribution >= 0.6 is 11.6 Å². The van der Waals surface area contributed by atoms with Crippen LogP contribution in [0.25, 0.3) is 0 Å². The molecule has 7 nitrogen and oxygen atoms in total. The summed E-state index contributed by atoms with van der Waals surface area (Å²) >= 11 is 5.66. The predicted octanol–water partition coefficient (Wildman–Crippen LogP) is 3.99. The third-order valence-electron chi connectivity index (χ3n) is 5.21. The van der Waals surface area contributed by atoms with Crippen LogP contribution < -0.4 is 9.62 Å². The number of aryl methyl sites for hydroxylation is 1. The Morgan fingerprint density at radius 2 is 1.71 bits per heavy atom. The van der Waals surface area contributed by atoms with E-state index in [0.717, 1.165) is 24.0 Å². The van der Waals surface area contributed by atoms with E-state index in [9.17, 15) is 31.2 Å². The van der Waals surface area contributed by atoms with Crippen LogP contribution in [-0.2, 0) is 32.3 Å². The number of nitrogens with one attached hydrogen (secondary N) is 1. The van der Waals surface area contributed by atoms with Crippen LogP contribution in [0.5, 0.6) is 0 Å². The van der Waals surface area contributed by atoms with Gasteiger partial charge in [0.2, 0.25) is 21.8 Å². The molecule has 0 heterocycles. The number of hydrogen-bond acceptors (Lipinski definition) is 4. The fraction of sp³-hybridized carbons (Fsp3) is 0.391. The molecule has 0 unspecified atom stereocenters. The average Bonchev–Trinajstić information content (AvgIpc) is 2.75. The predicted molar refractivity (Wildman–Crippen MR) is 129 cm³/mol. The monoisotopic (exact) mass is 533 g/mol. The fourth-order valence-electron chi connectivity index (χ4n) is 3.29. The zero-order valence-electron chi connectivity index (χ0n) is 19.7. The first-order chi connectivity index (χ1) is 16.1. The molecule has 0 fully saturated rings. The van der Waals surface area contributed by atoms with E-state index < -0.39 is 51.2 Å². The van der Waals surface area contributed by atoms with Gasteiger partial charge in [-0.1, -0.05) is 41.4 Å². The number of carbonyl (C=O) groups is 2. The van der Waals surface area contributed by atoms with Crippen molar-refractivity contribution < 1.29 is 31.2 Å². The maximum absolute atomic E-state index is 13.3. The molecule has 1 N–H and O–H groups in total. The number of amides is 2. The minimum atomic E-state index is -4.83. The number of hydrogen-bond donors (Lipinski definition) is 1. The van der Waals surface area contributed by atoms with Gasteiger partial charge in [-0.2, -0.15) is 13.2 Å². The lowest BCUT2D eigenvalue weighted by Gasteiger charge is -2.31. The lowest BCUT2D eigenvalue weighted by molar-refractivity contribution is -0.139. The molecule has 2 amide bonds. The number of sulfonamides is 1. The first kappa shape index (κ1) is 28.4. The standard InChI is InChI=1S/C23H27ClF3N3O4S/c1-5-28-22(32)16(3)29(13-17-8-6-15(2)7-9-17)21(31)14-30(35(4,33)34)18-10-11-20(24)19(12-18)23(25,26)27/h6-12,16H,5,13-14H2,1-4H3,(H,28,32)/t16-/m0/s1. The van der Waals surface area contributed by atoms with Crippen molar-refractivity contribution in [2.75, 3.05) is 23.7 Å². The topological polar surface area (TPSA) is 86.8 Å². The molecule has 0 aliphatic carbocycles. The van der Waals surface area contributed by atoms with Crippen LogP contribution in [0.1, 0.15) is 30.5 Å². The second-order valence-electron chi connectivity index (χ2n) is 8.01. The number of nitrogens with zero attached hydrogens (tertiary/aromatic N) is 2. The van der Waals surface area contributed by atoms with Crippen molar-refractivity contribution in [2.45, 2.75) is 39.5 Å². The summed E-state index contributed by atoms with van der Waals surface area (Å²) in [4.78, 5) is 27.0. The van der Waals surface area contributed by atoms with Crippen molar-refractivity contribution in [2.24, 2.45) is 0 Å². The van der Waals surface area contributed by atoms with Crippen LogP contribution in [0.4, 0.5) is 18.9 Å². The molecule has 0 aliphatic rings. The van der Waals surface area contributed by atoms with Gasteiger partial charge in [0.25, 0.3) is 0 Å². The zero-order chi connectivity index (χ0) is 26.6. The largest absolute Gasteiger partial charge is 0.417 e. The Balaban J connectivity index is 2.46. The molecule has 0 radical (unpaired) electrons. The number of benzene rings is 2. The Morgan fingerprint density at radius 1 is 1.11 bits per heavy atom. The van der Waals surface area contributed by atoms with Crippen LogP contribution in [0.15, 0.2) is 42.5 Å².